The van der Waals surface area contributed by atoms with E-state index in [-0.39, 0.29) is 68.6 Å². The van der Waals surface area contributed by atoms with Crippen molar-refractivity contribution in [3.8, 4) is 23.8 Å². The fourth-order valence-electron chi connectivity index (χ4n) is 18.6. The predicted octanol–water partition coefficient (Wildman–Crippen LogP) is 10.6. The van der Waals surface area contributed by atoms with Crippen LogP contribution in [-0.4, -0.2) is 275 Å². The Morgan fingerprint density at radius 2 is 1.07 bits per heavy atom. The van der Waals surface area contributed by atoms with Gasteiger partial charge in [0.1, 0.15) is 43.3 Å². The molecular weight excluding hydrogens is 1610 g/mol. The fourth-order valence-corrected chi connectivity index (χ4v) is 18.9. The summed E-state index contributed by atoms with van der Waals surface area (Å²) in [5.74, 6) is 1.41. The molecule has 6 fully saturated rings. The maximum absolute atomic E-state index is 15.4. The third-order valence-electron chi connectivity index (χ3n) is 25.8. The van der Waals surface area contributed by atoms with Crippen molar-refractivity contribution >= 4 is 123 Å². The van der Waals surface area contributed by atoms with Crippen molar-refractivity contribution in [2.45, 2.75) is 108 Å². The molecule has 28 nitrogen and oxygen atoms in total. The van der Waals surface area contributed by atoms with Crippen LogP contribution in [0.4, 0.5) is 38.9 Å². The van der Waals surface area contributed by atoms with E-state index in [0.717, 1.165) is 156 Å². The van der Waals surface area contributed by atoms with Crippen molar-refractivity contribution in [2.75, 3.05) is 188 Å². The van der Waals surface area contributed by atoms with Gasteiger partial charge in [-0.1, -0.05) is 92.0 Å². The number of nitrogens with one attached hydrogen (secondary N) is 1. The highest BCUT2D eigenvalue weighted by Gasteiger charge is 2.40. The third-order valence-corrected chi connectivity index (χ3v) is 26.1. The highest BCUT2D eigenvalue weighted by atomic mass is 35.5. The average molecular weight is 1720 g/mol. The lowest BCUT2D eigenvalue weighted by Gasteiger charge is -2.41. The number of anilines is 6. The monoisotopic (exact) mass is 1720 g/mol. The lowest BCUT2D eigenvalue weighted by atomic mass is 10.0. The number of aromatic amines is 1. The van der Waals surface area contributed by atoms with E-state index < -0.39 is 5.82 Å². The number of amides is 3. The topological polar surface area (TPSA) is 248 Å². The Morgan fingerprint density at radius 3 is 1.61 bits per heavy atom. The van der Waals surface area contributed by atoms with E-state index in [2.05, 4.69) is 145 Å². The number of ether oxygens (including phenoxy) is 3. The zero-order chi connectivity index (χ0) is 83.3. The number of phenolic OH excluding ortho intramolecular Hbond substituents is 1. The van der Waals surface area contributed by atoms with Crippen LogP contribution >= 0.6 is 38.6 Å². The van der Waals surface area contributed by atoms with Crippen LogP contribution in [0.1, 0.15) is 79.2 Å². The highest BCUT2D eigenvalue weighted by Crippen LogP contribution is 2.43. The van der Waals surface area contributed by atoms with Gasteiger partial charge in [-0.15, -0.1) is 0 Å². The molecule has 0 saturated carbocycles. The number of benzene rings is 5. The number of rotatable bonds is 19. The Bertz CT molecular complexity index is 5370. The summed E-state index contributed by atoms with van der Waals surface area (Å²) in [6.45, 7) is 36.3. The van der Waals surface area contributed by atoms with Gasteiger partial charge in [-0.05, 0) is 159 Å². The number of piperazine rings is 3. The second-order valence-electron chi connectivity index (χ2n) is 33.0. The number of hydrogen-bond acceptors (Lipinski definition) is 23. The summed E-state index contributed by atoms with van der Waals surface area (Å²) in [7, 11) is 6.40. The van der Waals surface area contributed by atoms with Crippen molar-refractivity contribution in [1.82, 2.24) is 69.5 Å². The van der Waals surface area contributed by atoms with Crippen LogP contribution in [0.3, 0.4) is 0 Å². The molecule has 9 aliphatic rings. The molecule has 0 aliphatic carbocycles. The van der Waals surface area contributed by atoms with Crippen LogP contribution in [-0.2, 0) is 53.3 Å². The number of nitrogens with zero attached hydrogens (tertiary/aromatic N) is 20. The summed E-state index contributed by atoms with van der Waals surface area (Å²) < 4.78 is 34.2. The normalized spacial score (nSPS) is 20.5. The molecule has 0 radical (unpaired) electrons. The van der Waals surface area contributed by atoms with Gasteiger partial charge >= 0.3 is 18.0 Å². The number of halogens is 2. The second-order valence-corrected chi connectivity index (χ2v) is 33.4. The van der Waals surface area contributed by atoms with Gasteiger partial charge in [0.2, 0.25) is 24.3 Å². The van der Waals surface area contributed by atoms with Crippen LogP contribution in [0.25, 0.3) is 37.3 Å². The average Bonchev–Trinajstić information content (AvgIpc) is 0.951. The molecule has 6 saturated heterocycles. The number of hydrogen-bond donors (Lipinski definition) is 2. The Morgan fingerprint density at radius 1 is 0.566 bits per heavy atom. The SMILES string of the molecule is C=CC(=O)N1CCN(c2nc(OC[C@@H]3CCCN3C)nc3c2CCN(c2c(Cl)ccc4[nH]ncc24)C3)CC1.C=CC(=O)N1CCN(c2nc(OC[C@@H]3CCCN3C)nc3c2CCN(c2c(F)c(O)cc4ccccc24)C3)CC1.S.S.[C-]#[N+]CC1CN(c2nc(OC[C@]3(C)CCCN3C)nc3c2CCN(c2cccc4ccccc24)C3)CCN1C(=O)C=C. The molecule has 0 bridgehead atoms. The highest BCUT2D eigenvalue weighted by molar-refractivity contribution is 7.59. The first-order valence-electron chi connectivity index (χ1n) is 42.1. The van der Waals surface area contributed by atoms with Crippen molar-refractivity contribution in [1.29, 1.82) is 0 Å². The lowest BCUT2D eigenvalue weighted by molar-refractivity contribution is -0.128. The molecule has 1 unspecified atom stereocenters. The number of likely N-dealkylation sites (tertiary alicyclic amines) is 3. The van der Waals surface area contributed by atoms with Gasteiger partial charge in [0.15, 0.2) is 11.6 Å². The first-order valence-corrected chi connectivity index (χ1v) is 42.5. The number of fused-ring (bicyclic) bond motifs is 6. The molecule has 0 spiro atoms. The van der Waals surface area contributed by atoms with Gasteiger partial charge in [0, 0.05) is 142 Å². The van der Waals surface area contributed by atoms with E-state index in [9.17, 15) is 19.5 Å². The van der Waals surface area contributed by atoms with Crippen molar-refractivity contribution < 1.29 is 38.1 Å². The van der Waals surface area contributed by atoms with Crippen molar-refractivity contribution in [2.24, 2.45) is 0 Å². The molecule has 4 aromatic heterocycles. The molecule has 32 heteroatoms. The minimum atomic E-state index is -0.625. The van der Waals surface area contributed by atoms with Crippen LogP contribution in [0.15, 0.2) is 129 Å². The van der Waals surface area contributed by atoms with Gasteiger partial charge in [-0.2, -0.15) is 62.0 Å². The molecule has 5 aromatic carbocycles. The van der Waals surface area contributed by atoms with Crippen LogP contribution in [0, 0.1) is 12.4 Å². The number of carbonyl (C=O) groups excluding carboxylic acids is 3. The van der Waals surface area contributed by atoms with E-state index in [0.29, 0.717) is 165 Å². The van der Waals surface area contributed by atoms with E-state index in [1.807, 2.05) is 52.4 Å². The Kier molecular flexibility index (Phi) is 27.8. The molecule has 3 amide bonds. The smallest absolute Gasteiger partial charge is 0.318 e. The largest absolute Gasteiger partial charge is 0.505 e. The maximum atomic E-state index is 15.4. The number of aromatic nitrogens is 8. The number of carbonyl (C=O) groups is 3. The summed E-state index contributed by atoms with van der Waals surface area (Å²) >= 11 is 6.70. The molecule has 644 valence electrons. The zero-order valence-electron chi connectivity index (χ0n) is 70.2. The quantitative estimate of drug-likeness (QED) is 0.0564. The summed E-state index contributed by atoms with van der Waals surface area (Å²) in [6.07, 6.45) is 14.9. The second kappa shape index (κ2) is 38.8. The van der Waals surface area contributed by atoms with E-state index in [1.54, 1.807) is 9.80 Å². The summed E-state index contributed by atoms with van der Waals surface area (Å²) in [5, 5.41) is 23.3. The minimum Gasteiger partial charge on any atom is -0.505 e. The van der Waals surface area contributed by atoms with E-state index in [1.165, 1.54) is 47.2 Å². The number of aromatic hydroxyl groups is 1. The minimum absolute atomic E-state index is 0. The summed E-state index contributed by atoms with van der Waals surface area (Å²) in [5.41, 5.74) is 9.48. The van der Waals surface area contributed by atoms with Gasteiger partial charge in [-0.3, -0.25) is 24.4 Å². The molecular formula is C90H111ClFN21O7S2. The van der Waals surface area contributed by atoms with Crippen LogP contribution in [0.5, 0.6) is 23.8 Å². The standard InChI is InChI=1S/C33H39N7O2.C30H35FN6O3.C27H33ClN8O2.2H2S/c1-5-30(41)40-19-18-39(21-25(40)20-34-3)31-27-14-17-38(29-13-8-11-24-10-6-7-12-26(24)29)22-28(27)35-32(36-31)42-23-33(2)15-9-16-37(33)4;1-3-26(39)35-13-15-36(16-14-35)29-23-10-12-37(28-22-9-5-4-7-20(22)17-25(38)27(28)31)18-24(23)32-30(33-29)40-19-21-8-6-11-34(21)2;1-3-24(37)34-11-13-35(14-12-34)26-19-8-10-36(25-20-15-29-32-22(20)7-6-21(25)28)16-23(19)30-27(31-26)38-17-18-5-4-9-33(18)2;;/h5-8,10-13,25H,1,9,14-23H2,2,4H3;3-5,7,9,17,21,38H,1,6,8,10-16,18-19H2,2H3;3,6-7,15,18H,1,4-5,8-14,16-17H2,2H3,(H,29,32);2*1H2/t25?,33-;21-;18-;;/m000../s1. The Balaban J connectivity index is 0.000000148. The Hall–Kier alpha value is -10.8. The first-order chi connectivity index (χ1) is 58.3. The summed E-state index contributed by atoms with van der Waals surface area (Å²) in [4.78, 5) is 95.7. The van der Waals surface area contributed by atoms with Gasteiger partial charge in [-0.25, -0.2) is 11.0 Å². The molecule has 122 heavy (non-hydrogen) atoms. The van der Waals surface area contributed by atoms with Crippen LogP contribution in [0.2, 0.25) is 5.02 Å². The molecule has 4 atom stereocenters. The molecule has 9 aromatic rings. The van der Waals surface area contributed by atoms with Crippen molar-refractivity contribution in [3.05, 3.63) is 185 Å². The predicted molar refractivity (Wildman–Crippen MR) is 487 cm³/mol. The lowest BCUT2D eigenvalue weighted by Crippen LogP contribution is -2.56. The molecule has 18 rings (SSSR count). The number of phenols is 1. The molecule has 13 heterocycles. The van der Waals surface area contributed by atoms with Gasteiger partial charge < -0.3 is 78.1 Å². The maximum Gasteiger partial charge on any atom is 0.318 e. The first kappa shape index (κ1) is 87.6. The van der Waals surface area contributed by atoms with Gasteiger partial charge in [0.05, 0.1) is 70.4 Å². The summed E-state index contributed by atoms with van der Waals surface area (Å²) in [6, 6.07) is 29.4. The third kappa shape index (κ3) is 18.6. The van der Waals surface area contributed by atoms with Crippen molar-refractivity contribution in [3.63, 3.8) is 0 Å². The number of likely N-dealkylation sites (N-methyl/N-ethyl adjacent to an activating group) is 3. The van der Waals surface area contributed by atoms with E-state index in [4.69, 9.17) is 62.3 Å². The Labute approximate surface area is 731 Å². The number of H-pyrrole nitrogens is 1. The molecule has 2 N–H and O–H groups in total. The van der Waals surface area contributed by atoms with E-state index >= 15 is 4.39 Å². The fraction of sp³-hybridized carbons (Fsp3) is 0.456. The zero-order valence-corrected chi connectivity index (χ0v) is 72.9. The van der Waals surface area contributed by atoms with Gasteiger partial charge in [0.25, 0.3) is 0 Å². The van der Waals surface area contributed by atoms with Crippen LogP contribution < -0.4 is 43.6 Å². The molecule has 9 aliphatic heterocycles.